The molecule has 0 aliphatic carbocycles. The van der Waals surface area contributed by atoms with Gasteiger partial charge < -0.3 is 4.90 Å². The molecular weight excluding hydrogens is 282 g/mol. The van der Waals surface area contributed by atoms with Crippen LogP contribution in [0.2, 0.25) is 0 Å². The van der Waals surface area contributed by atoms with Gasteiger partial charge in [-0.3, -0.25) is 5.01 Å². The van der Waals surface area contributed by atoms with Gasteiger partial charge in [0.25, 0.3) is 0 Å². The van der Waals surface area contributed by atoms with Gasteiger partial charge in [0.15, 0.2) is 0 Å². The van der Waals surface area contributed by atoms with Crippen molar-refractivity contribution in [2.75, 3.05) is 26.2 Å². The lowest BCUT2D eigenvalue weighted by Gasteiger charge is -2.30. The second-order valence-corrected chi connectivity index (χ2v) is 6.47. The molecule has 0 aromatic heterocycles. The van der Waals surface area contributed by atoms with E-state index in [1.807, 2.05) is 6.21 Å². The molecule has 3 heteroatoms. The number of rotatable bonds is 4. The molecular formula is C20H26N3+. The van der Waals surface area contributed by atoms with Crippen molar-refractivity contribution in [3.8, 4) is 0 Å². The van der Waals surface area contributed by atoms with Gasteiger partial charge >= 0.3 is 0 Å². The van der Waals surface area contributed by atoms with Crippen LogP contribution in [-0.4, -0.2) is 37.4 Å². The molecule has 0 bridgehead atoms. The molecule has 2 aromatic carbocycles. The molecule has 3 nitrogen and oxygen atoms in total. The molecule has 1 saturated heterocycles. The number of benzene rings is 2. The van der Waals surface area contributed by atoms with E-state index in [1.54, 1.807) is 4.90 Å². The van der Waals surface area contributed by atoms with E-state index < -0.39 is 0 Å². The van der Waals surface area contributed by atoms with E-state index >= 15 is 0 Å². The van der Waals surface area contributed by atoms with Gasteiger partial charge in [-0.2, -0.15) is 5.10 Å². The average Bonchev–Trinajstić information content (AvgIpc) is 2.58. The smallest absolute Gasteiger partial charge is 0.103 e. The van der Waals surface area contributed by atoms with Gasteiger partial charge in [0.1, 0.15) is 6.54 Å². The number of hydrogen-bond acceptors (Lipinski definition) is 2. The third-order valence-electron chi connectivity index (χ3n) is 4.57. The number of hydrogen-bond donors (Lipinski definition) is 1. The highest BCUT2D eigenvalue weighted by Gasteiger charge is 2.18. The number of piperazine rings is 1. The Kier molecular flexibility index (Phi) is 5.09. The molecule has 2 aromatic rings. The van der Waals surface area contributed by atoms with Crippen molar-refractivity contribution in [2.45, 2.75) is 20.4 Å². The summed E-state index contributed by atoms with van der Waals surface area (Å²) >= 11 is 0. The Morgan fingerprint density at radius 2 is 1.70 bits per heavy atom. The fourth-order valence-corrected chi connectivity index (χ4v) is 2.97. The summed E-state index contributed by atoms with van der Waals surface area (Å²) in [6.45, 7) is 9.76. The largest absolute Gasteiger partial charge is 0.328 e. The Morgan fingerprint density at radius 3 is 2.39 bits per heavy atom. The minimum absolute atomic E-state index is 1.03. The van der Waals surface area contributed by atoms with Gasteiger partial charge in [-0.25, -0.2) is 0 Å². The summed E-state index contributed by atoms with van der Waals surface area (Å²) in [5.41, 5.74) is 5.25. The molecule has 1 heterocycles. The Balaban J connectivity index is 1.50. The van der Waals surface area contributed by atoms with Crippen molar-refractivity contribution in [3.05, 3.63) is 70.8 Å². The van der Waals surface area contributed by atoms with Crippen LogP contribution in [0.4, 0.5) is 0 Å². The van der Waals surface area contributed by atoms with Gasteiger partial charge in [0, 0.05) is 5.56 Å². The molecule has 1 aliphatic heterocycles. The first-order chi connectivity index (χ1) is 11.2. The van der Waals surface area contributed by atoms with Gasteiger partial charge in [-0.1, -0.05) is 54.1 Å². The number of aryl methyl sites for hydroxylation is 2. The van der Waals surface area contributed by atoms with Gasteiger partial charge in [0.05, 0.1) is 32.4 Å². The first-order valence-corrected chi connectivity index (χ1v) is 8.44. The van der Waals surface area contributed by atoms with E-state index in [0.717, 1.165) is 32.7 Å². The third kappa shape index (κ3) is 4.42. The maximum absolute atomic E-state index is 4.66. The molecule has 120 valence electrons. The highest BCUT2D eigenvalue weighted by molar-refractivity contribution is 5.81. The molecule has 0 unspecified atom stereocenters. The van der Waals surface area contributed by atoms with E-state index in [4.69, 9.17) is 0 Å². The SMILES string of the molecule is Cc1ccc(C[NH+]2CCN(/N=C\c3ccccc3C)CC2)cc1. The maximum Gasteiger partial charge on any atom is 0.103 e. The molecule has 23 heavy (non-hydrogen) atoms. The highest BCUT2D eigenvalue weighted by Crippen LogP contribution is 2.05. The number of nitrogens with zero attached hydrogens (tertiary/aromatic N) is 2. The second-order valence-electron chi connectivity index (χ2n) is 6.47. The van der Waals surface area contributed by atoms with Crippen molar-refractivity contribution >= 4 is 6.21 Å². The maximum atomic E-state index is 4.66. The summed E-state index contributed by atoms with van der Waals surface area (Å²) < 4.78 is 0. The molecule has 0 saturated carbocycles. The average molecular weight is 308 g/mol. The molecule has 1 fully saturated rings. The van der Waals surface area contributed by atoms with Crippen LogP contribution in [0.1, 0.15) is 22.3 Å². The lowest BCUT2D eigenvalue weighted by atomic mass is 10.1. The van der Waals surface area contributed by atoms with E-state index in [9.17, 15) is 0 Å². The van der Waals surface area contributed by atoms with Crippen LogP contribution >= 0.6 is 0 Å². The van der Waals surface area contributed by atoms with Crippen LogP contribution in [0.5, 0.6) is 0 Å². The number of quaternary nitrogens is 1. The molecule has 3 rings (SSSR count). The first kappa shape index (κ1) is 15.8. The van der Waals surface area contributed by atoms with E-state index in [2.05, 4.69) is 72.5 Å². The lowest BCUT2D eigenvalue weighted by Crippen LogP contribution is -3.13. The molecule has 0 radical (unpaired) electrons. The zero-order chi connectivity index (χ0) is 16.1. The molecule has 1 N–H and O–H groups in total. The van der Waals surface area contributed by atoms with Crippen LogP contribution in [0, 0.1) is 13.8 Å². The van der Waals surface area contributed by atoms with Gasteiger partial charge in [-0.05, 0) is 25.0 Å². The number of hydrazone groups is 1. The monoisotopic (exact) mass is 308 g/mol. The Bertz CT molecular complexity index is 653. The summed E-state index contributed by atoms with van der Waals surface area (Å²) in [5, 5.41) is 6.86. The Labute approximate surface area is 139 Å². The molecule has 0 amide bonds. The minimum Gasteiger partial charge on any atom is -0.328 e. The fraction of sp³-hybridized carbons (Fsp3) is 0.350. The third-order valence-corrected chi connectivity index (χ3v) is 4.57. The van der Waals surface area contributed by atoms with Crippen LogP contribution in [-0.2, 0) is 6.54 Å². The quantitative estimate of drug-likeness (QED) is 0.857. The lowest BCUT2D eigenvalue weighted by molar-refractivity contribution is -0.918. The van der Waals surface area contributed by atoms with Crippen molar-refractivity contribution in [3.63, 3.8) is 0 Å². The van der Waals surface area contributed by atoms with E-state index in [1.165, 1.54) is 22.3 Å². The van der Waals surface area contributed by atoms with Crippen molar-refractivity contribution in [2.24, 2.45) is 5.10 Å². The van der Waals surface area contributed by atoms with Crippen molar-refractivity contribution < 1.29 is 4.90 Å². The van der Waals surface area contributed by atoms with Crippen LogP contribution in [0.25, 0.3) is 0 Å². The summed E-state index contributed by atoms with van der Waals surface area (Å²) in [6, 6.07) is 17.3. The predicted molar refractivity (Wildman–Crippen MR) is 95.9 cm³/mol. The highest BCUT2D eigenvalue weighted by atomic mass is 15.5. The summed E-state index contributed by atoms with van der Waals surface area (Å²) in [6.07, 6.45) is 2.00. The van der Waals surface area contributed by atoms with Crippen LogP contribution in [0.15, 0.2) is 53.6 Å². The standard InChI is InChI=1S/C20H25N3/c1-17-7-9-19(10-8-17)16-22-11-13-23(14-12-22)21-15-20-6-4-3-5-18(20)2/h3-10,15H,11-14,16H2,1-2H3/p+1/b21-15-. The Morgan fingerprint density at radius 1 is 1.00 bits per heavy atom. The summed E-state index contributed by atoms with van der Waals surface area (Å²) in [5.74, 6) is 0. The van der Waals surface area contributed by atoms with Crippen molar-refractivity contribution in [1.29, 1.82) is 0 Å². The fourth-order valence-electron chi connectivity index (χ4n) is 2.97. The molecule has 0 atom stereocenters. The predicted octanol–water partition coefficient (Wildman–Crippen LogP) is 2.04. The van der Waals surface area contributed by atoms with E-state index in [-0.39, 0.29) is 0 Å². The van der Waals surface area contributed by atoms with Crippen LogP contribution < -0.4 is 4.90 Å². The first-order valence-electron chi connectivity index (χ1n) is 8.44. The zero-order valence-electron chi connectivity index (χ0n) is 14.1. The number of nitrogens with one attached hydrogen (secondary N) is 1. The summed E-state index contributed by atoms with van der Waals surface area (Å²) in [7, 11) is 0. The summed E-state index contributed by atoms with van der Waals surface area (Å²) in [4.78, 5) is 1.65. The van der Waals surface area contributed by atoms with E-state index in [0.29, 0.717) is 0 Å². The molecule has 0 spiro atoms. The Hall–Kier alpha value is -2.13. The van der Waals surface area contributed by atoms with Gasteiger partial charge in [0.2, 0.25) is 0 Å². The van der Waals surface area contributed by atoms with Gasteiger partial charge in [-0.15, -0.1) is 0 Å². The topological polar surface area (TPSA) is 20.0 Å². The normalized spacial score (nSPS) is 16.2. The van der Waals surface area contributed by atoms with Crippen molar-refractivity contribution in [1.82, 2.24) is 5.01 Å². The zero-order valence-corrected chi connectivity index (χ0v) is 14.1. The molecule has 1 aliphatic rings. The second kappa shape index (κ2) is 7.42. The van der Waals surface area contributed by atoms with Crippen LogP contribution in [0.3, 0.4) is 0 Å². The minimum atomic E-state index is 1.03.